The van der Waals surface area contributed by atoms with Gasteiger partial charge in [0.2, 0.25) is 0 Å². The molecule has 0 aromatic rings. The number of Topliss-reactive ketones (excluding diaryl/α,β-unsaturated/α-hetero) is 1. The third-order valence-corrected chi connectivity index (χ3v) is 2.91. The van der Waals surface area contributed by atoms with E-state index in [1.54, 1.807) is 0 Å². The highest BCUT2D eigenvalue weighted by Crippen LogP contribution is 2.32. The van der Waals surface area contributed by atoms with Crippen LogP contribution in [-0.4, -0.2) is 17.5 Å². The Morgan fingerprint density at radius 2 is 2.31 bits per heavy atom. The van der Waals surface area contributed by atoms with Gasteiger partial charge in [-0.15, -0.1) is 0 Å². The molecule has 0 amide bonds. The molecular weight excluding hydrogens is 188 g/mol. The third-order valence-electron chi connectivity index (χ3n) is 2.40. The minimum atomic E-state index is -0.965. The number of unbranched alkanes of at least 4 members (excludes halogenated alkanes) is 2. The van der Waals surface area contributed by atoms with Crippen molar-refractivity contribution < 1.29 is 9.53 Å². The smallest absolute Gasteiger partial charge is 0.200 e. The topological polar surface area (TPSA) is 26.3 Å². The molecule has 2 nitrogen and oxygen atoms in total. The molecule has 0 aromatic carbocycles. The summed E-state index contributed by atoms with van der Waals surface area (Å²) in [5, 5.41) is -0.965. The molecule has 1 aliphatic rings. The summed E-state index contributed by atoms with van der Waals surface area (Å²) in [6.45, 7) is 2.75. The van der Waals surface area contributed by atoms with E-state index in [0.717, 1.165) is 25.7 Å². The van der Waals surface area contributed by atoms with Gasteiger partial charge in [0.05, 0.1) is 0 Å². The van der Waals surface area contributed by atoms with Gasteiger partial charge in [-0.1, -0.05) is 31.4 Å². The SMILES string of the molecule is CCCCCC(=O)C1(Cl)CCCO1. The number of carbonyl (C=O) groups excluding carboxylic acids is 1. The highest BCUT2D eigenvalue weighted by Gasteiger charge is 2.39. The van der Waals surface area contributed by atoms with E-state index in [1.165, 1.54) is 0 Å². The lowest BCUT2D eigenvalue weighted by Gasteiger charge is -2.18. The van der Waals surface area contributed by atoms with Crippen LogP contribution in [-0.2, 0) is 9.53 Å². The van der Waals surface area contributed by atoms with Gasteiger partial charge >= 0.3 is 0 Å². The van der Waals surface area contributed by atoms with Gasteiger partial charge in [0, 0.05) is 19.4 Å². The number of alkyl halides is 1. The van der Waals surface area contributed by atoms with Crippen molar-refractivity contribution in [2.45, 2.75) is 50.5 Å². The molecule has 76 valence electrons. The maximum atomic E-state index is 11.6. The van der Waals surface area contributed by atoms with Crippen LogP contribution in [0.2, 0.25) is 0 Å². The van der Waals surface area contributed by atoms with Crippen molar-refractivity contribution in [1.29, 1.82) is 0 Å². The van der Waals surface area contributed by atoms with Gasteiger partial charge in [-0.25, -0.2) is 0 Å². The maximum absolute atomic E-state index is 11.6. The molecule has 1 atom stereocenters. The Morgan fingerprint density at radius 3 is 2.85 bits per heavy atom. The lowest BCUT2D eigenvalue weighted by Crippen LogP contribution is -2.31. The molecule has 1 heterocycles. The summed E-state index contributed by atoms with van der Waals surface area (Å²) >= 11 is 6.03. The summed E-state index contributed by atoms with van der Waals surface area (Å²) in [5.74, 6) is 0.0696. The number of halogens is 1. The first kappa shape index (κ1) is 11.0. The van der Waals surface area contributed by atoms with Crippen molar-refractivity contribution in [2.75, 3.05) is 6.61 Å². The molecule has 1 saturated heterocycles. The second kappa shape index (κ2) is 4.97. The summed E-state index contributed by atoms with van der Waals surface area (Å²) in [6, 6.07) is 0. The van der Waals surface area contributed by atoms with E-state index in [9.17, 15) is 4.79 Å². The highest BCUT2D eigenvalue weighted by molar-refractivity contribution is 6.34. The Kier molecular flexibility index (Phi) is 4.20. The van der Waals surface area contributed by atoms with Crippen LogP contribution in [0.25, 0.3) is 0 Å². The van der Waals surface area contributed by atoms with Crippen LogP contribution in [0, 0.1) is 0 Å². The Hall–Kier alpha value is -0.0800. The lowest BCUT2D eigenvalue weighted by molar-refractivity contribution is -0.131. The first-order valence-corrected chi connectivity index (χ1v) is 5.43. The van der Waals surface area contributed by atoms with Crippen LogP contribution in [0.1, 0.15) is 45.4 Å². The predicted octanol–water partition coefficient (Wildman–Crippen LogP) is 2.88. The first-order chi connectivity index (χ1) is 6.19. The third kappa shape index (κ3) is 2.96. The van der Waals surface area contributed by atoms with Gasteiger partial charge in [-0.3, -0.25) is 4.79 Å². The summed E-state index contributed by atoms with van der Waals surface area (Å²) in [6.07, 6.45) is 5.31. The zero-order valence-electron chi connectivity index (χ0n) is 8.14. The summed E-state index contributed by atoms with van der Waals surface area (Å²) in [4.78, 5) is 11.6. The molecule has 0 aliphatic carbocycles. The van der Waals surface area contributed by atoms with E-state index in [2.05, 4.69) is 6.92 Å². The fourth-order valence-electron chi connectivity index (χ4n) is 1.55. The van der Waals surface area contributed by atoms with Crippen molar-refractivity contribution in [1.82, 2.24) is 0 Å². The molecule has 1 rings (SSSR count). The second-order valence-corrected chi connectivity index (χ2v) is 4.17. The second-order valence-electron chi connectivity index (χ2n) is 3.56. The van der Waals surface area contributed by atoms with Crippen LogP contribution >= 0.6 is 11.6 Å². The number of rotatable bonds is 5. The molecule has 1 aliphatic heterocycles. The zero-order chi connectivity index (χ0) is 9.73. The normalized spacial score (nSPS) is 27.8. The Balaban J connectivity index is 2.29. The zero-order valence-corrected chi connectivity index (χ0v) is 8.90. The summed E-state index contributed by atoms with van der Waals surface area (Å²) in [5.41, 5.74) is 0. The van der Waals surface area contributed by atoms with Crippen LogP contribution in [0.3, 0.4) is 0 Å². The van der Waals surface area contributed by atoms with Crippen molar-refractivity contribution in [3.8, 4) is 0 Å². The Labute approximate surface area is 84.6 Å². The molecule has 0 N–H and O–H groups in total. The molecule has 3 heteroatoms. The van der Waals surface area contributed by atoms with E-state index in [-0.39, 0.29) is 5.78 Å². The maximum Gasteiger partial charge on any atom is 0.200 e. The number of hydrogen-bond donors (Lipinski definition) is 0. The molecule has 0 bridgehead atoms. The van der Waals surface area contributed by atoms with Crippen LogP contribution in [0.15, 0.2) is 0 Å². The highest BCUT2D eigenvalue weighted by atomic mass is 35.5. The largest absolute Gasteiger partial charge is 0.353 e. The fourth-order valence-corrected chi connectivity index (χ4v) is 1.85. The lowest BCUT2D eigenvalue weighted by atomic mass is 10.1. The van der Waals surface area contributed by atoms with Crippen LogP contribution in [0.5, 0.6) is 0 Å². The van der Waals surface area contributed by atoms with E-state index in [0.29, 0.717) is 19.4 Å². The number of ether oxygens (including phenoxy) is 1. The van der Waals surface area contributed by atoms with Gasteiger partial charge in [0.15, 0.2) is 10.8 Å². The molecule has 13 heavy (non-hydrogen) atoms. The van der Waals surface area contributed by atoms with E-state index in [1.807, 2.05) is 0 Å². The molecule has 0 aromatic heterocycles. The fraction of sp³-hybridized carbons (Fsp3) is 0.900. The van der Waals surface area contributed by atoms with Gasteiger partial charge in [0.1, 0.15) is 0 Å². The van der Waals surface area contributed by atoms with Crippen molar-refractivity contribution in [3.05, 3.63) is 0 Å². The van der Waals surface area contributed by atoms with E-state index < -0.39 is 5.06 Å². The minimum absolute atomic E-state index is 0.0696. The minimum Gasteiger partial charge on any atom is -0.353 e. The van der Waals surface area contributed by atoms with E-state index in [4.69, 9.17) is 16.3 Å². The summed E-state index contributed by atoms with van der Waals surface area (Å²) in [7, 11) is 0. The van der Waals surface area contributed by atoms with Crippen LogP contribution < -0.4 is 0 Å². The van der Waals surface area contributed by atoms with Gasteiger partial charge < -0.3 is 4.74 Å². The molecule has 0 spiro atoms. The standard InChI is InChI=1S/C10H17ClO2/c1-2-3-4-6-9(12)10(11)7-5-8-13-10/h2-8H2,1H3. The number of carbonyl (C=O) groups is 1. The number of ketones is 1. The van der Waals surface area contributed by atoms with Gasteiger partial charge in [0.25, 0.3) is 0 Å². The van der Waals surface area contributed by atoms with Gasteiger partial charge in [-0.05, 0) is 12.8 Å². The first-order valence-electron chi connectivity index (χ1n) is 5.05. The number of hydrogen-bond acceptors (Lipinski definition) is 2. The van der Waals surface area contributed by atoms with E-state index >= 15 is 0 Å². The summed E-state index contributed by atoms with van der Waals surface area (Å²) < 4.78 is 5.25. The Bertz CT molecular complexity index is 174. The molecular formula is C10H17ClO2. The predicted molar refractivity (Wildman–Crippen MR) is 52.9 cm³/mol. The monoisotopic (exact) mass is 204 g/mol. The average molecular weight is 205 g/mol. The van der Waals surface area contributed by atoms with Crippen molar-refractivity contribution in [2.24, 2.45) is 0 Å². The van der Waals surface area contributed by atoms with Gasteiger partial charge in [-0.2, -0.15) is 0 Å². The molecule has 0 radical (unpaired) electrons. The van der Waals surface area contributed by atoms with Crippen LogP contribution in [0.4, 0.5) is 0 Å². The quantitative estimate of drug-likeness (QED) is 0.509. The van der Waals surface area contributed by atoms with Crippen molar-refractivity contribution >= 4 is 17.4 Å². The Morgan fingerprint density at radius 1 is 1.54 bits per heavy atom. The molecule has 0 saturated carbocycles. The molecule has 1 unspecified atom stereocenters. The van der Waals surface area contributed by atoms with Crippen molar-refractivity contribution in [3.63, 3.8) is 0 Å². The molecule has 1 fully saturated rings. The average Bonchev–Trinajstić information content (AvgIpc) is 2.54.